The van der Waals surface area contributed by atoms with Crippen LogP contribution in [0.1, 0.15) is 35.7 Å². The van der Waals surface area contributed by atoms with Crippen LogP contribution in [0, 0.1) is 0 Å². The molecule has 8 nitrogen and oxygen atoms in total. The number of benzene rings is 2. The molecule has 8 heteroatoms. The molecule has 0 atom stereocenters. The number of ether oxygens (including phenoxy) is 2. The van der Waals surface area contributed by atoms with Crippen molar-refractivity contribution in [2.45, 2.75) is 19.8 Å². The third kappa shape index (κ3) is 3.48. The van der Waals surface area contributed by atoms with Crippen LogP contribution in [0.25, 0.3) is 0 Å². The second kappa shape index (κ2) is 7.22. The Balaban J connectivity index is 1.54. The van der Waals surface area contributed by atoms with Gasteiger partial charge in [-0.2, -0.15) is 9.67 Å². The summed E-state index contributed by atoms with van der Waals surface area (Å²) in [4.78, 5) is 16.9. The maximum Gasteiger partial charge on any atom is 0.281 e. The molecule has 1 aliphatic heterocycles. The minimum absolute atomic E-state index is 0.0120. The molecule has 2 heterocycles. The first-order valence-electron chi connectivity index (χ1n) is 9.05. The van der Waals surface area contributed by atoms with E-state index >= 15 is 0 Å². The number of carbonyl (C=O) groups is 1. The number of aromatic nitrogens is 3. The Kier molecular flexibility index (Phi) is 4.60. The van der Waals surface area contributed by atoms with Gasteiger partial charge in [0.15, 0.2) is 11.5 Å². The van der Waals surface area contributed by atoms with Crippen molar-refractivity contribution in [1.29, 1.82) is 0 Å². The summed E-state index contributed by atoms with van der Waals surface area (Å²) in [5, 5.41) is 7.23. The number of carbonyl (C=O) groups excluding carboxylic acids is 1. The molecule has 0 spiro atoms. The lowest BCUT2D eigenvalue weighted by atomic mass is 10.0. The molecule has 0 fully saturated rings. The number of hydrogen-bond acceptors (Lipinski definition) is 7. The average molecular weight is 379 g/mol. The van der Waals surface area contributed by atoms with Gasteiger partial charge in [0, 0.05) is 17.3 Å². The van der Waals surface area contributed by atoms with Gasteiger partial charge in [0.2, 0.25) is 11.9 Å². The van der Waals surface area contributed by atoms with Crippen LogP contribution in [0.2, 0.25) is 0 Å². The smallest absolute Gasteiger partial charge is 0.281 e. The summed E-state index contributed by atoms with van der Waals surface area (Å²) in [5.74, 6) is 1.62. The number of fused-ring (bicyclic) bond motifs is 1. The Morgan fingerprint density at radius 1 is 1.11 bits per heavy atom. The fourth-order valence-corrected chi connectivity index (χ4v) is 2.91. The van der Waals surface area contributed by atoms with Crippen LogP contribution in [0.4, 0.5) is 17.6 Å². The maximum atomic E-state index is 12.7. The van der Waals surface area contributed by atoms with Crippen molar-refractivity contribution in [3.8, 4) is 11.5 Å². The average Bonchev–Trinajstić information content (AvgIpc) is 3.07. The van der Waals surface area contributed by atoms with Gasteiger partial charge in [0.05, 0.1) is 0 Å². The minimum Gasteiger partial charge on any atom is -0.486 e. The Morgan fingerprint density at radius 2 is 1.82 bits per heavy atom. The Morgan fingerprint density at radius 3 is 2.54 bits per heavy atom. The molecule has 4 rings (SSSR count). The molecule has 2 aromatic carbocycles. The lowest BCUT2D eigenvalue weighted by Crippen LogP contribution is -2.16. The van der Waals surface area contributed by atoms with Crippen LogP contribution < -0.4 is 20.5 Å². The van der Waals surface area contributed by atoms with Crippen molar-refractivity contribution in [3.63, 3.8) is 0 Å². The van der Waals surface area contributed by atoms with Gasteiger partial charge < -0.3 is 20.5 Å². The van der Waals surface area contributed by atoms with Crippen LogP contribution in [0.3, 0.4) is 0 Å². The number of nitrogens with zero attached hydrogens (tertiary/aromatic N) is 3. The predicted molar refractivity (Wildman–Crippen MR) is 105 cm³/mol. The van der Waals surface area contributed by atoms with E-state index in [1.165, 1.54) is 0 Å². The molecule has 0 saturated carbocycles. The minimum atomic E-state index is -0.337. The monoisotopic (exact) mass is 379 g/mol. The van der Waals surface area contributed by atoms with Gasteiger partial charge in [0.1, 0.15) is 13.2 Å². The van der Waals surface area contributed by atoms with Crippen LogP contribution in [0.15, 0.2) is 42.5 Å². The third-order valence-electron chi connectivity index (χ3n) is 4.45. The van der Waals surface area contributed by atoms with E-state index in [0.717, 1.165) is 10.2 Å². The van der Waals surface area contributed by atoms with E-state index in [1.54, 1.807) is 24.3 Å². The fourth-order valence-electron chi connectivity index (χ4n) is 2.91. The van der Waals surface area contributed by atoms with Crippen molar-refractivity contribution in [1.82, 2.24) is 14.8 Å². The standard InChI is InChI=1S/C20H21N5O3/c1-12(2)13-3-5-14(6-4-13)18(26)25-19(21)23-20(24-25)22-15-7-8-16-17(11-15)28-10-9-27-16/h3-8,11-12H,9-10H2,1-2H3,(H3,21,22,23,24). The van der Waals surface area contributed by atoms with Gasteiger partial charge in [-0.25, -0.2) is 0 Å². The van der Waals surface area contributed by atoms with Crippen LogP contribution in [0.5, 0.6) is 11.5 Å². The molecule has 1 aliphatic rings. The van der Waals surface area contributed by atoms with Crippen LogP contribution in [-0.4, -0.2) is 33.9 Å². The molecule has 0 bridgehead atoms. The SMILES string of the molecule is CC(C)c1ccc(C(=O)n2nc(Nc3ccc4c(c3)OCCO4)nc2N)cc1. The highest BCUT2D eigenvalue weighted by Crippen LogP contribution is 2.33. The maximum absolute atomic E-state index is 12.7. The second-order valence-corrected chi connectivity index (χ2v) is 6.77. The molecule has 0 aliphatic carbocycles. The number of nitrogen functional groups attached to an aromatic ring is 1. The number of anilines is 3. The topological polar surface area (TPSA) is 104 Å². The molecule has 1 aromatic heterocycles. The van der Waals surface area contributed by atoms with Crippen molar-refractivity contribution in [3.05, 3.63) is 53.6 Å². The highest BCUT2D eigenvalue weighted by atomic mass is 16.6. The zero-order valence-electron chi connectivity index (χ0n) is 15.7. The molecule has 3 aromatic rings. The van der Waals surface area contributed by atoms with Crippen molar-refractivity contribution < 1.29 is 14.3 Å². The molecule has 0 amide bonds. The van der Waals surface area contributed by atoms with Gasteiger partial charge in [-0.05, 0) is 35.7 Å². The number of hydrogen-bond donors (Lipinski definition) is 2. The molecular weight excluding hydrogens is 358 g/mol. The summed E-state index contributed by atoms with van der Waals surface area (Å²) in [6, 6.07) is 12.8. The van der Waals surface area contributed by atoms with Gasteiger partial charge in [0.25, 0.3) is 5.91 Å². The largest absolute Gasteiger partial charge is 0.486 e. The number of nitrogens with one attached hydrogen (secondary N) is 1. The third-order valence-corrected chi connectivity index (χ3v) is 4.45. The van der Waals surface area contributed by atoms with Gasteiger partial charge >= 0.3 is 0 Å². The summed E-state index contributed by atoms with van der Waals surface area (Å²) >= 11 is 0. The summed E-state index contributed by atoms with van der Waals surface area (Å²) < 4.78 is 12.2. The quantitative estimate of drug-likeness (QED) is 0.717. The summed E-state index contributed by atoms with van der Waals surface area (Å²) in [7, 11) is 0. The van der Waals surface area contributed by atoms with Gasteiger partial charge in [-0.15, -0.1) is 5.10 Å². The Bertz CT molecular complexity index is 1010. The van der Waals surface area contributed by atoms with E-state index < -0.39 is 0 Å². The van der Waals surface area contributed by atoms with E-state index in [0.29, 0.717) is 41.9 Å². The zero-order chi connectivity index (χ0) is 19.7. The van der Waals surface area contributed by atoms with Gasteiger partial charge in [-0.3, -0.25) is 4.79 Å². The summed E-state index contributed by atoms with van der Waals surface area (Å²) in [6.07, 6.45) is 0. The van der Waals surface area contributed by atoms with E-state index in [1.807, 2.05) is 18.2 Å². The van der Waals surface area contributed by atoms with E-state index in [4.69, 9.17) is 15.2 Å². The first kappa shape index (κ1) is 17.8. The van der Waals surface area contributed by atoms with Crippen molar-refractivity contribution in [2.24, 2.45) is 0 Å². The molecule has 0 unspecified atom stereocenters. The molecule has 144 valence electrons. The van der Waals surface area contributed by atoms with Crippen molar-refractivity contribution in [2.75, 3.05) is 24.3 Å². The first-order valence-corrected chi connectivity index (χ1v) is 9.05. The number of rotatable bonds is 4. The zero-order valence-corrected chi connectivity index (χ0v) is 15.7. The highest BCUT2D eigenvalue weighted by molar-refractivity contribution is 5.96. The molecule has 28 heavy (non-hydrogen) atoms. The predicted octanol–water partition coefficient (Wildman–Crippen LogP) is 3.19. The lowest BCUT2D eigenvalue weighted by Gasteiger charge is -2.18. The molecular formula is C20H21N5O3. The molecule has 3 N–H and O–H groups in total. The normalized spacial score (nSPS) is 12.8. The Hall–Kier alpha value is -3.55. The van der Waals surface area contributed by atoms with E-state index in [-0.39, 0.29) is 17.8 Å². The Labute approximate surface area is 162 Å². The highest BCUT2D eigenvalue weighted by Gasteiger charge is 2.17. The summed E-state index contributed by atoms with van der Waals surface area (Å²) in [5.41, 5.74) is 8.26. The summed E-state index contributed by atoms with van der Waals surface area (Å²) in [6.45, 7) is 5.23. The van der Waals surface area contributed by atoms with Gasteiger partial charge in [-0.1, -0.05) is 26.0 Å². The molecule has 0 radical (unpaired) electrons. The van der Waals surface area contributed by atoms with Crippen molar-refractivity contribution >= 4 is 23.5 Å². The van der Waals surface area contributed by atoms with Crippen LogP contribution >= 0.6 is 0 Å². The number of nitrogens with two attached hydrogens (primary N) is 1. The first-order chi connectivity index (χ1) is 13.5. The second-order valence-electron chi connectivity index (χ2n) is 6.77. The lowest BCUT2D eigenvalue weighted by molar-refractivity contribution is 0.0948. The van der Waals surface area contributed by atoms with E-state index in [9.17, 15) is 4.79 Å². The van der Waals surface area contributed by atoms with E-state index in [2.05, 4.69) is 29.2 Å². The van der Waals surface area contributed by atoms with Crippen LogP contribution in [-0.2, 0) is 0 Å². The molecule has 0 saturated heterocycles. The fraction of sp³-hybridized carbons (Fsp3) is 0.250.